The Labute approximate surface area is 168 Å². The molecule has 1 N–H and O–H groups in total. The Kier molecular flexibility index (Phi) is 5.05. The van der Waals surface area contributed by atoms with Gasteiger partial charge in [0.15, 0.2) is 10.8 Å². The van der Waals surface area contributed by atoms with Crippen LogP contribution >= 0.6 is 11.3 Å². The van der Waals surface area contributed by atoms with Gasteiger partial charge >= 0.3 is 0 Å². The third-order valence-electron chi connectivity index (χ3n) is 4.01. The maximum atomic E-state index is 13.1. The van der Waals surface area contributed by atoms with Crippen LogP contribution in [0.3, 0.4) is 0 Å². The molecule has 0 unspecified atom stereocenters. The Hall–Kier alpha value is -3.59. The third-order valence-corrected chi connectivity index (χ3v) is 4.94. The summed E-state index contributed by atoms with van der Waals surface area (Å²) in [7, 11) is 0. The van der Waals surface area contributed by atoms with Crippen molar-refractivity contribution in [3.8, 4) is 11.4 Å². The van der Waals surface area contributed by atoms with Gasteiger partial charge in [-0.05, 0) is 49.4 Å². The quantitative estimate of drug-likeness (QED) is 0.543. The summed E-state index contributed by atoms with van der Waals surface area (Å²) in [5.41, 5.74) is 0.411. The minimum atomic E-state index is -0.671. The number of hydrogen-bond donors (Lipinski definition) is 1. The number of aromatic nitrogens is 3. The Morgan fingerprint density at radius 1 is 1.21 bits per heavy atom. The van der Waals surface area contributed by atoms with Crippen LogP contribution in [0.4, 0.5) is 9.52 Å². The molecule has 2 heterocycles. The Morgan fingerprint density at radius 2 is 2.00 bits per heavy atom. The van der Waals surface area contributed by atoms with E-state index >= 15 is 0 Å². The van der Waals surface area contributed by atoms with Gasteiger partial charge in [0.2, 0.25) is 5.43 Å². The molecule has 29 heavy (non-hydrogen) atoms. The van der Waals surface area contributed by atoms with E-state index < -0.39 is 17.2 Å². The van der Waals surface area contributed by atoms with Crippen molar-refractivity contribution in [3.63, 3.8) is 0 Å². The molecule has 0 saturated carbocycles. The summed E-state index contributed by atoms with van der Waals surface area (Å²) in [6, 6.07) is 12.2. The molecule has 0 spiro atoms. The number of amides is 1. The van der Waals surface area contributed by atoms with Gasteiger partial charge in [-0.15, -0.1) is 0 Å². The topological polar surface area (TPSA) is 86.1 Å². The molecule has 2 aromatic carbocycles. The molecule has 7 nitrogen and oxygen atoms in total. The van der Waals surface area contributed by atoms with Gasteiger partial charge in [-0.25, -0.2) is 14.1 Å². The first-order valence-corrected chi connectivity index (χ1v) is 9.56. The average Bonchev–Trinajstić information content (AvgIpc) is 3.10. The highest BCUT2D eigenvalue weighted by molar-refractivity contribution is 7.22. The van der Waals surface area contributed by atoms with Crippen molar-refractivity contribution in [2.24, 2.45) is 0 Å². The molecule has 0 radical (unpaired) electrons. The standard InChI is InChI=1S/C20H15FN4O3S/c1-2-28-14-7-8-15-17(11-14)29-20(22-15)23-19(27)18-16(26)9-10-25(24-18)13-5-3-12(21)4-6-13/h3-11H,2H2,1H3,(H,22,23,27). The van der Waals surface area contributed by atoms with Crippen LogP contribution in [0.1, 0.15) is 17.4 Å². The molecular weight excluding hydrogens is 395 g/mol. The first-order valence-electron chi connectivity index (χ1n) is 8.74. The fourth-order valence-electron chi connectivity index (χ4n) is 2.67. The number of carbonyl (C=O) groups is 1. The van der Waals surface area contributed by atoms with Gasteiger partial charge in [-0.1, -0.05) is 11.3 Å². The van der Waals surface area contributed by atoms with Crippen LogP contribution in [0.15, 0.2) is 59.5 Å². The first kappa shape index (κ1) is 18.8. The van der Waals surface area contributed by atoms with Crippen LogP contribution in [0.2, 0.25) is 0 Å². The smallest absolute Gasteiger partial charge is 0.281 e. The molecule has 0 saturated heterocycles. The van der Waals surface area contributed by atoms with Gasteiger partial charge in [0, 0.05) is 12.3 Å². The SMILES string of the molecule is CCOc1ccc2nc(NC(=O)c3nn(-c4ccc(F)cc4)ccc3=O)sc2c1. The predicted octanol–water partition coefficient (Wildman–Crippen LogP) is 3.63. The number of nitrogens with zero attached hydrogens (tertiary/aromatic N) is 3. The van der Waals surface area contributed by atoms with Crippen LogP contribution in [0, 0.1) is 5.82 Å². The maximum Gasteiger partial charge on any atom is 0.281 e. The Balaban J connectivity index is 1.61. The summed E-state index contributed by atoms with van der Waals surface area (Å²) >= 11 is 1.27. The van der Waals surface area contributed by atoms with Crippen molar-refractivity contribution < 1.29 is 13.9 Å². The van der Waals surface area contributed by atoms with Gasteiger partial charge in [0.1, 0.15) is 11.6 Å². The highest BCUT2D eigenvalue weighted by atomic mass is 32.1. The van der Waals surface area contributed by atoms with Crippen LogP contribution < -0.4 is 15.5 Å². The molecule has 0 bridgehead atoms. The van der Waals surface area contributed by atoms with Crippen LogP contribution in [0.5, 0.6) is 5.75 Å². The van der Waals surface area contributed by atoms with E-state index in [9.17, 15) is 14.0 Å². The number of thiazole rings is 1. The first-order chi connectivity index (χ1) is 14.0. The number of rotatable bonds is 5. The molecule has 0 aliphatic rings. The maximum absolute atomic E-state index is 13.1. The lowest BCUT2D eigenvalue weighted by Crippen LogP contribution is -2.25. The largest absolute Gasteiger partial charge is 0.494 e. The highest BCUT2D eigenvalue weighted by Gasteiger charge is 2.16. The van der Waals surface area contributed by atoms with Gasteiger partial charge in [-0.2, -0.15) is 5.10 Å². The number of fused-ring (bicyclic) bond motifs is 1. The van der Waals surface area contributed by atoms with Crippen molar-refractivity contribution in [1.29, 1.82) is 0 Å². The minimum Gasteiger partial charge on any atom is -0.494 e. The molecule has 0 aliphatic heterocycles. The van der Waals surface area contributed by atoms with E-state index in [1.165, 1.54) is 52.5 Å². The predicted molar refractivity (Wildman–Crippen MR) is 109 cm³/mol. The van der Waals surface area contributed by atoms with E-state index in [1.807, 2.05) is 13.0 Å². The summed E-state index contributed by atoms with van der Waals surface area (Å²) in [4.78, 5) is 29.1. The van der Waals surface area contributed by atoms with Crippen molar-refractivity contribution in [3.05, 3.63) is 76.5 Å². The normalized spacial score (nSPS) is 10.8. The van der Waals surface area contributed by atoms with E-state index in [2.05, 4.69) is 15.4 Å². The molecule has 0 atom stereocenters. The number of carbonyl (C=O) groups excluding carboxylic acids is 1. The Bertz CT molecular complexity index is 1250. The van der Waals surface area contributed by atoms with E-state index in [1.54, 1.807) is 12.1 Å². The summed E-state index contributed by atoms with van der Waals surface area (Å²) < 4.78 is 20.8. The summed E-state index contributed by atoms with van der Waals surface area (Å²) in [6.45, 7) is 2.45. The van der Waals surface area contributed by atoms with E-state index in [4.69, 9.17) is 4.74 Å². The second-order valence-electron chi connectivity index (χ2n) is 5.99. The van der Waals surface area contributed by atoms with E-state index in [0.29, 0.717) is 28.7 Å². The molecule has 0 aliphatic carbocycles. The zero-order valence-corrected chi connectivity index (χ0v) is 16.1. The van der Waals surface area contributed by atoms with Crippen molar-refractivity contribution in [2.75, 3.05) is 11.9 Å². The van der Waals surface area contributed by atoms with Crippen molar-refractivity contribution in [2.45, 2.75) is 6.92 Å². The van der Waals surface area contributed by atoms with Crippen LogP contribution in [-0.4, -0.2) is 27.3 Å². The Morgan fingerprint density at radius 3 is 2.76 bits per heavy atom. The molecule has 4 rings (SSSR count). The van der Waals surface area contributed by atoms with Crippen LogP contribution in [-0.2, 0) is 0 Å². The lowest BCUT2D eigenvalue weighted by atomic mass is 10.3. The second-order valence-corrected chi connectivity index (χ2v) is 7.02. The number of anilines is 1. The number of ether oxygens (including phenoxy) is 1. The monoisotopic (exact) mass is 410 g/mol. The van der Waals surface area contributed by atoms with Crippen molar-refractivity contribution in [1.82, 2.24) is 14.8 Å². The van der Waals surface area contributed by atoms with Gasteiger partial charge in [0.25, 0.3) is 5.91 Å². The minimum absolute atomic E-state index is 0.286. The number of hydrogen-bond acceptors (Lipinski definition) is 6. The summed E-state index contributed by atoms with van der Waals surface area (Å²) in [5.74, 6) is -0.347. The molecule has 2 aromatic heterocycles. The third kappa shape index (κ3) is 3.99. The van der Waals surface area contributed by atoms with Gasteiger partial charge in [0.05, 0.1) is 22.5 Å². The van der Waals surface area contributed by atoms with Gasteiger partial charge in [-0.3, -0.25) is 14.9 Å². The molecule has 9 heteroatoms. The molecule has 4 aromatic rings. The molecule has 146 valence electrons. The van der Waals surface area contributed by atoms with Gasteiger partial charge < -0.3 is 4.74 Å². The van der Waals surface area contributed by atoms with Crippen LogP contribution in [0.25, 0.3) is 15.9 Å². The van der Waals surface area contributed by atoms with Crippen molar-refractivity contribution >= 4 is 32.6 Å². The van der Waals surface area contributed by atoms with E-state index in [0.717, 1.165) is 4.70 Å². The molecular formula is C20H15FN4O3S. The summed E-state index contributed by atoms with van der Waals surface area (Å²) in [5, 5.41) is 7.05. The zero-order valence-electron chi connectivity index (χ0n) is 15.3. The second kappa shape index (κ2) is 7.80. The number of nitrogens with one attached hydrogen (secondary N) is 1. The zero-order chi connectivity index (χ0) is 20.4. The lowest BCUT2D eigenvalue weighted by Gasteiger charge is -2.07. The number of halogens is 1. The fourth-order valence-corrected chi connectivity index (χ4v) is 3.56. The highest BCUT2D eigenvalue weighted by Crippen LogP contribution is 2.29. The average molecular weight is 410 g/mol. The number of benzene rings is 2. The molecule has 0 fully saturated rings. The molecule has 1 amide bonds. The van der Waals surface area contributed by atoms with E-state index in [-0.39, 0.29) is 5.69 Å². The summed E-state index contributed by atoms with van der Waals surface area (Å²) in [6.07, 6.45) is 1.42. The lowest BCUT2D eigenvalue weighted by molar-refractivity contribution is 0.101. The fraction of sp³-hybridized carbons (Fsp3) is 0.100.